The molecule has 0 atom stereocenters. The van der Waals surface area contributed by atoms with Crippen molar-refractivity contribution in [1.82, 2.24) is 24.6 Å². The Morgan fingerprint density at radius 2 is 2.05 bits per heavy atom. The van der Waals surface area contributed by atoms with E-state index in [0.717, 1.165) is 28.8 Å². The predicted molar refractivity (Wildman–Crippen MR) is 75.7 cm³/mol. The minimum absolute atomic E-state index is 0.815. The van der Waals surface area contributed by atoms with Gasteiger partial charge in [0.1, 0.15) is 0 Å². The third-order valence-electron chi connectivity index (χ3n) is 3.36. The molecule has 0 unspecified atom stereocenters. The Hall–Kier alpha value is -2.14. The molecular formula is C14H17N5. The highest BCUT2D eigenvalue weighted by molar-refractivity contribution is 5.81. The summed E-state index contributed by atoms with van der Waals surface area (Å²) in [6, 6.07) is 8.38. The van der Waals surface area contributed by atoms with Crippen molar-refractivity contribution in [3.63, 3.8) is 0 Å². The number of aryl methyl sites for hydroxylation is 2. The van der Waals surface area contributed by atoms with Crippen LogP contribution in [0.4, 0.5) is 0 Å². The lowest BCUT2D eigenvalue weighted by Gasteiger charge is -1.98. The molecule has 3 aromatic rings. The molecule has 0 saturated carbocycles. The molecule has 98 valence electrons. The molecular weight excluding hydrogens is 238 g/mol. The van der Waals surface area contributed by atoms with Crippen LogP contribution in [0.2, 0.25) is 0 Å². The number of hydrogen-bond acceptors (Lipinski definition) is 3. The summed E-state index contributed by atoms with van der Waals surface area (Å²) in [6.45, 7) is 0.815. The molecule has 0 bridgehead atoms. The molecule has 0 radical (unpaired) electrons. The van der Waals surface area contributed by atoms with Gasteiger partial charge in [-0.2, -0.15) is 5.10 Å². The average Bonchev–Trinajstić information content (AvgIpc) is 2.95. The summed E-state index contributed by atoms with van der Waals surface area (Å²) < 4.78 is 3.93. The molecule has 2 heterocycles. The summed E-state index contributed by atoms with van der Waals surface area (Å²) >= 11 is 0. The van der Waals surface area contributed by atoms with Gasteiger partial charge in [0.05, 0.1) is 28.7 Å². The maximum absolute atomic E-state index is 4.56. The van der Waals surface area contributed by atoms with Crippen molar-refractivity contribution in [2.75, 3.05) is 7.05 Å². The molecule has 5 nitrogen and oxygen atoms in total. The van der Waals surface area contributed by atoms with Gasteiger partial charge >= 0.3 is 0 Å². The zero-order valence-corrected chi connectivity index (χ0v) is 11.4. The van der Waals surface area contributed by atoms with Crippen LogP contribution >= 0.6 is 0 Å². The zero-order chi connectivity index (χ0) is 13.4. The van der Waals surface area contributed by atoms with Crippen molar-refractivity contribution >= 4 is 11.0 Å². The van der Waals surface area contributed by atoms with Crippen LogP contribution in [-0.4, -0.2) is 26.4 Å². The molecule has 0 aliphatic rings. The Bertz CT molecular complexity index is 723. The van der Waals surface area contributed by atoms with E-state index in [1.165, 1.54) is 5.69 Å². The van der Waals surface area contributed by atoms with E-state index in [1.54, 1.807) is 0 Å². The van der Waals surface area contributed by atoms with Crippen molar-refractivity contribution in [3.8, 4) is 11.3 Å². The minimum atomic E-state index is 0.815. The van der Waals surface area contributed by atoms with Crippen LogP contribution in [0.3, 0.4) is 0 Å². The fraction of sp³-hybridized carbons (Fsp3) is 0.286. The van der Waals surface area contributed by atoms with E-state index in [4.69, 9.17) is 0 Å². The highest BCUT2D eigenvalue weighted by Crippen LogP contribution is 2.23. The van der Waals surface area contributed by atoms with Gasteiger partial charge in [-0.3, -0.25) is 4.68 Å². The molecule has 0 amide bonds. The monoisotopic (exact) mass is 255 g/mol. The molecule has 0 saturated heterocycles. The van der Waals surface area contributed by atoms with E-state index >= 15 is 0 Å². The van der Waals surface area contributed by atoms with Crippen molar-refractivity contribution in [2.24, 2.45) is 14.1 Å². The second-order valence-electron chi connectivity index (χ2n) is 4.73. The summed E-state index contributed by atoms with van der Waals surface area (Å²) in [6.07, 6.45) is 1.83. The number of rotatable bonds is 3. The van der Waals surface area contributed by atoms with E-state index in [-0.39, 0.29) is 0 Å². The summed E-state index contributed by atoms with van der Waals surface area (Å²) in [7, 11) is 5.91. The lowest BCUT2D eigenvalue weighted by atomic mass is 10.1. The Morgan fingerprint density at radius 3 is 2.84 bits per heavy atom. The first-order valence-corrected chi connectivity index (χ1v) is 6.28. The number of fused-ring (bicyclic) bond motifs is 1. The highest BCUT2D eigenvalue weighted by atomic mass is 15.3. The van der Waals surface area contributed by atoms with Crippen LogP contribution in [0.5, 0.6) is 0 Å². The average molecular weight is 255 g/mol. The Balaban J connectivity index is 2.05. The van der Waals surface area contributed by atoms with Gasteiger partial charge in [-0.05, 0) is 25.2 Å². The van der Waals surface area contributed by atoms with Gasteiger partial charge in [0.2, 0.25) is 0 Å². The molecule has 0 aliphatic heterocycles. The lowest BCUT2D eigenvalue weighted by molar-refractivity contribution is 0.673. The minimum Gasteiger partial charge on any atom is -0.334 e. The van der Waals surface area contributed by atoms with Crippen LogP contribution in [0.1, 0.15) is 5.69 Å². The summed E-state index contributed by atoms with van der Waals surface area (Å²) in [5.74, 6) is 0. The van der Waals surface area contributed by atoms with E-state index in [1.807, 2.05) is 36.7 Å². The normalized spacial score (nSPS) is 11.3. The number of nitrogens with zero attached hydrogens (tertiary/aromatic N) is 4. The van der Waals surface area contributed by atoms with Crippen molar-refractivity contribution in [3.05, 3.63) is 36.3 Å². The van der Waals surface area contributed by atoms with E-state index in [0.29, 0.717) is 0 Å². The smallest absolute Gasteiger partial charge is 0.0955 e. The highest BCUT2D eigenvalue weighted by Gasteiger charge is 2.08. The van der Waals surface area contributed by atoms with Gasteiger partial charge in [0.25, 0.3) is 0 Å². The first-order chi connectivity index (χ1) is 9.19. The van der Waals surface area contributed by atoms with Crippen molar-refractivity contribution in [1.29, 1.82) is 0 Å². The third-order valence-corrected chi connectivity index (χ3v) is 3.36. The molecule has 1 aromatic carbocycles. The van der Waals surface area contributed by atoms with Gasteiger partial charge in [0.15, 0.2) is 0 Å². The molecule has 0 aliphatic carbocycles. The van der Waals surface area contributed by atoms with Crippen LogP contribution < -0.4 is 5.32 Å². The van der Waals surface area contributed by atoms with Crippen LogP contribution in [0.15, 0.2) is 30.6 Å². The number of hydrogen-bond donors (Lipinski definition) is 1. The third kappa shape index (κ3) is 2.02. The molecule has 2 aromatic heterocycles. The van der Waals surface area contributed by atoms with E-state index in [9.17, 15) is 0 Å². The molecule has 1 N–H and O–H groups in total. The molecule has 19 heavy (non-hydrogen) atoms. The number of benzene rings is 1. The van der Waals surface area contributed by atoms with Crippen molar-refractivity contribution in [2.45, 2.75) is 6.54 Å². The molecule has 0 fully saturated rings. The first kappa shape index (κ1) is 11.9. The first-order valence-electron chi connectivity index (χ1n) is 6.28. The van der Waals surface area contributed by atoms with E-state index in [2.05, 4.69) is 39.7 Å². The van der Waals surface area contributed by atoms with Gasteiger partial charge < -0.3 is 9.88 Å². The van der Waals surface area contributed by atoms with Crippen LogP contribution in [-0.2, 0) is 20.6 Å². The van der Waals surface area contributed by atoms with Crippen molar-refractivity contribution < 1.29 is 0 Å². The van der Waals surface area contributed by atoms with Gasteiger partial charge in [-0.15, -0.1) is 0 Å². The second kappa shape index (κ2) is 4.51. The summed E-state index contributed by atoms with van der Waals surface area (Å²) in [5.41, 5.74) is 5.39. The van der Waals surface area contributed by atoms with Gasteiger partial charge in [-0.25, -0.2) is 4.98 Å². The summed E-state index contributed by atoms with van der Waals surface area (Å²) in [5, 5.41) is 7.70. The number of nitrogens with one attached hydrogen (secondary N) is 1. The van der Waals surface area contributed by atoms with Crippen LogP contribution in [0.25, 0.3) is 22.3 Å². The number of aromatic nitrogens is 4. The molecule has 5 heteroatoms. The Labute approximate surface area is 111 Å². The maximum atomic E-state index is 4.56. The Morgan fingerprint density at radius 1 is 1.21 bits per heavy atom. The second-order valence-corrected chi connectivity index (χ2v) is 4.73. The fourth-order valence-electron chi connectivity index (χ4n) is 2.29. The lowest BCUT2D eigenvalue weighted by Crippen LogP contribution is -2.09. The quantitative estimate of drug-likeness (QED) is 0.775. The standard InChI is InChI=1S/C14H17N5/c1-15-8-11-7-12(17-19(11)3)10-4-5-14-13(6-10)16-9-18(14)2/h4-7,9,15H,8H2,1-3H3. The maximum Gasteiger partial charge on any atom is 0.0955 e. The SMILES string of the molecule is CNCc1cc(-c2ccc3c(c2)ncn3C)nn1C. The molecule has 3 rings (SSSR count). The summed E-state index contributed by atoms with van der Waals surface area (Å²) in [4.78, 5) is 4.39. The molecule has 0 spiro atoms. The van der Waals surface area contributed by atoms with Gasteiger partial charge in [-0.1, -0.05) is 6.07 Å². The number of imidazole rings is 1. The van der Waals surface area contributed by atoms with Gasteiger partial charge in [0, 0.05) is 26.2 Å². The topological polar surface area (TPSA) is 47.7 Å². The van der Waals surface area contributed by atoms with E-state index < -0.39 is 0 Å². The zero-order valence-electron chi connectivity index (χ0n) is 11.4. The van der Waals surface area contributed by atoms with Crippen LogP contribution in [0, 0.1) is 0 Å². The Kier molecular flexibility index (Phi) is 2.83. The fourth-order valence-corrected chi connectivity index (χ4v) is 2.29. The largest absolute Gasteiger partial charge is 0.334 e. The predicted octanol–water partition coefficient (Wildman–Crippen LogP) is 1.69.